The second-order valence-corrected chi connectivity index (χ2v) is 6.50. The minimum Gasteiger partial charge on any atom is -0.381 e. The van der Waals surface area contributed by atoms with Crippen molar-refractivity contribution in [2.24, 2.45) is 10.4 Å². The molecule has 5 nitrogen and oxygen atoms in total. The number of nitrogens with one attached hydrogen (secondary N) is 1. The summed E-state index contributed by atoms with van der Waals surface area (Å²) in [5.74, 6) is 1.02. The number of hydrogen-bond acceptors (Lipinski definition) is 3. The van der Waals surface area contributed by atoms with E-state index in [1.54, 1.807) is 0 Å². The topological polar surface area (TPSA) is 49.8 Å². The number of rotatable bonds is 3. The zero-order valence-corrected chi connectivity index (χ0v) is 13.6. The first-order chi connectivity index (χ1) is 10.7. The van der Waals surface area contributed by atoms with Gasteiger partial charge < -0.3 is 15.0 Å². The van der Waals surface area contributed by atoms with Crippen molar-refractivity contribution in [2.75, 3.05) is 39.9 Å². The minimum absolute atomic E-state index is 0.374. The molecule has 3 rings (SSSR count). The van der Waals surface area contributed by atoms with Crippen LogP contribution in [0.1, 0.15) is 24.0 Å². The average Bonchev–Trinajstić information content (AvgIpc) is 3.16. The lowest BCUT2D eigenvalue weighted by Gasteiger charge is -2.25. The quantitative estimate of drug-likeness (QED) is 0.681. The smallest absolute Gasteiger partial charge is 0.193 e. The van der Waals surface area contributed by atoms with Crippen molar-refractivity contribution in [3.63, 3.8) is 0 Å². The first-order valence-electron chi connectivity index (χ1n) is 8.15. The van der Waals surface area contributed by atoms with Crippen molar-refractivity contribution in [1.29, 1.82) is 0 Å². The molecule has 0 aromatic carbocycles. The second kappa shape index (κ2) is 6.65. The highest BCUT2D eigenvalue weighted by molar-refractivity contribution is 5.80. The summed E-state index contributed by atoms with van der Waals surface area (Å²) in [5.41, 5.74) is 2.97. The van der Waals surface area contributed by atoms with Crippen LogP contribution in [-0.2, 0) is 11.2 Å². The van der Waals surface area contributed by atoms with Crippen molar-refractivity contribution in [3.05, 3.63) is 29.6 Å². The minimum atomic E-state index is 0.374. The van der Waals surface area contributed by atoms with E-state index in [2.05, 4.69) is 33.2 Å². The maximum atomic E-state index is 5.60. The van der Waals surface area contributed by atoms with Crippen LogP contribution in [0.2, 0.25) is 0 Å². The van der Waals surface area contributed by atoms with E-state index < -0.39 is 0 Å². The van der Waals surface area contributed by atoms with Gasteiger partial charge in [-0.1, -0.05) is 0 Å². The summed E-state index contributed by atoms with van der Waals surface area (Å²) < 4.78 is 5.60. The Kier molecular flexibility index (Phi) is 4.62. The highest BCUT2D eigenvalue weighted by Crippen LogP contribution is 2.38. The molecule has 1 unspecified atom stereocenters. The van der Waals surface area contributed by atoms with Gasteiger partial charge in [0.15, 0.2) is 5.96 Å². The maximum absolute atomic E-state index is 5.60. The zero-order valence-electron chi connectivity index (χ0n) is 13.6. The lowest BCUT2D eigenvalue weighted by atomic mass is 9.87. The molecular weight excluding hydrogens is 276 g/mol. The Balaban J connectivity index is 1.52. The van der Waals surface area contributed by atoms with E-state index in [4.69, 9.17) is 4.74 Å². The molecule has 3 heterocycles. The summed E-state index contributed by atoms with van der Waals surface area (Å²) in [7, 11) is 1.87. The molecule has 0 amide bonds. The third-order valence-corrected chi connectivity index (χ3v) is 4.95. The van der Waals surface area contributed by atoms with Crippen LogP contribution in [0.25, 0.3) is 0 Å². The normalized spacial score (nSPS) is 25.2. The first kappa shape index (κ1) is 15.3. The summed E-state index contributed by atoms with van der Waals surface area (Å²) in [6, 6.07) is 2.10. The Hall–Kier alpha value is -1.62. The largest absolute Gasteiger partial charge is 0.381 e. The Labute approximate surface area is 132 Å². The predicted molar refractivity (Wildman–Crippen MR) is 88.1 cm³/mol. The Morgan fingerprint density at radius 3 is 3.14 bits per heavy atom. The van der Waals surface area contributed by atoms with Crippen LogP contribution in [0.4, 0.5) is 0 Å². The van der Waals surface area contributed by atoms with E-state index in [0.29, 0.717) is 5.41 Å². The van der Waals surface area contributed by atoms with Crippen LogP contribution in [0, 0.1) is 12.3 Å². The van der Waals surface area contributed by atoms with Gasteiger partial charge in [0.2, 0.25) is 0 Å². The van der Waals surface area contributed by atoms with E-state index in [9.17, 15) is 0 Å². The van der Waals surface area contributed by atoms with Gasteiger partial charge in [0.1, 0.15) is 0 Å². The molecule has 2 fully saturated rings. The Bertz CT molecular complexity index is 537. The second-order valence-electron chi connectivity index (χ2n) is 6.50. The third kappa shape index (κ3) is 3.24. The predicted octanol–water partition coefficient (Wildman–Crippen LogP) is 1.62. The van der Waals surface area contributed by atoms with E-state index in [1.807, 2.05) is 19.4 Å². The number of guanidine groups is 1. The van der Waals surface area contributed by atoms with Crippen LogP contribution in [0.5, 0.6) is 0 Å². The molecule has 0 aliphatic carbocycles. The van der Waals surface area contributed by atoms with Crippen LogP contribution >= 0.6 is 0 Å². The molecule has 1 aromatic rings. The van der Waals surface area contributed by atoms with Crippen LogP contribution in [0.15, 0.2) is 23.5 Å². The van der Waals surface area contributed by atoms with Crippen molar-refractivity contribution in [3.8, 4) is 0 Å². The summed E-state index contributed by atoms with van der Waals surface area (Å²) in [4.78, 5) is 11.0. The van der Waals surface area contributed by atoms with Gasteiger partial charge in [0.25, 0.3) is 0 Å². The van der Waals surface area contributed by atoms with Gasteiger partial charge in [-0.3, -0.25) is 9.98 Å². The molecule has 0 bridgehead atoms. The van der Waals surface area contributed by atoms with Crippen molar-refractivity contribution >= 4 is 5.96 Å². The number of aliphatic imine (C=N–C) groups is 1. The average molecular weight is 302 g/mol. The summed E-state index contributed by atoms with van der Waals surface area (Å²) >= 11 is 0. The van der Waals surface area contributed by atoms with E-state index in [0.717, 1.165) is 45.2 Å². The Morgan fingerprint density at radius 1 is 1.50 bits per heavy atom. The van der Waals surface area contributed by atoms with Crippen LogP contribution < -0.4 is 5.32 Å². The van der Waals surface area contributed by atoms with Gasteiger partial charge in [0, 0.05) is 51.1 Å². The fraction of sp³-hybridized carbons (Fsp3) is 0.647. The number of aryl methyl sites for hydroxylation is 1. The third-order valence-electron chi connectivity index (χ3n) is 4.95. The fourth-order valence-corrected chi connectivity index (χ4v) is 3.51. The first-order valence-corrected chi connectivity index (χ1v) is 8.15. The van der Waals surface area contributed by atoms with Crippen molar-refractivity contribution in [2.45, 2.75) is 26.2 Å². The summed E-state index contributed by atoms with van der Waals surface area (Å²) in [6.45, 7) is 7.00. The Morgan fingerprint density at radius 2 is 2.41 bits per heavy atom. The van der Waals surface area contributed by atoms with Crippen molar-refractivity contribution in [1.82, 2.24) is 15.2 Å². The number of nitrogens with zero attached hydrogens (tertiary/aromatic N) is 3. The molecule has 5 heteroatoms. The van der Waals surface area contributed by atoms with Gasteiger partial charge in [-0.15, -0.1) is 0 Å². The molecule has 1 atom stereocenters. The molecule has 2 aliphatic heterocycles. The number of ether oxygens (including phenoxy) is 1. The number of aromatic nitrogens is 1. The SMILES string of the molecule is CN=C(NCCc1ccncc1C)N1CCC2(CCOC2)C1. The molecule has 0 radical (unpaired) electrons. The molecule has 120 valence electrons. The van der Waals surface area contributed by atoms with Gasteiger partial charge in [0.05, 0.1) is 6.61 Å². The molecule has 1 aromatic heterocycles. The summed E-state index contributed by atoms with van der Waals surface area (Å²) in [5, 5.41) is 3.51. The highest BCUT2D eigenvalue weighted by Gasteiger charge is 2.42. The van der Waals surface area contributed by atoms with Gasteiger partial charge in [-0.25, -0.2) is 0 Å². The maximum Gasteiger partial charge on any atom is 0.193 e. The highest BCUT2D eigenvalue weighted by atomic mass is 16.5. The van der Waals surface area contributed by atoms with Gasteiger partial charge >= 0.3 is 0 Å². The molecule has 0 saturated carbocycles. The van der Waals surface area contributed by atoms with Crippen LogP contribution in [0.3, 0.4) is 0 Å². The summed E-state index contributed by atoms with van der Waals surface area (Å²) in [6.07, 6.45) is 7.19. The van der Waals surface area contributed by atoms with E-state index in [-0.39, 0.29) is 0 Å². The van der Waals surface area contributed by atoms with E-state index in [1.165, 1.54) is 24.0 Å². The lowest BCUT2D eigenvalue weighted by Crippen LogP contribution is -2.42. The van der Waals surface area contributed by atoms with E-state index >= 15 is 0 Å². The van der Waals surface area contributed by atoms with Crippen LogP contribution in [-0.4, -0.2) is 55.7 Å². The number of pyridine rings is 1. The molecule has 2 saturated heterocycles. The standard InChI is InChI=1S/C17H26N4O/c1-14-11-19-7-3-15(14)4-8-20-16(18-2)21-9-5-17(12-21)6-10-22-13-17/h3,7,11H,4-6,8-10,12-13H2,1-2H3,(H,18,20). The fourth-order valence-electron chi connectivity index (χ4n) is 3.51. The molecule has 1 N–H and O–H groups in total. The molecule has 2 aliphatic rings. The molecular formula is C17H26N4O. The zero-order chi connectivity index (χ0) is 15.4. The molecule has 1 spiro atoms. The number of hydrogen-bond donors (Lipinski definition) is 1. The monoisotopic (exact) mass is 302 g/mol. The lowest BCUT2D eigenvalue weighted by molar-refractivity contribution is 0.156. The number of likely N-dealkylation sites (tertiary alicyclic amines) is 1. The van der Waals surface area contributed by atoms with Gasteiger partial charge in [-0.2, -0.15) is 0 Å². The molecule has 22 heavy (non-hydrogen) atoms. The van der Waals surface area contributed by atoms with Crippen molar-refractivity contribution < 1.29 is 4.74 Å². The van der Waals surface area contributed by atoms with Gasteiger partial charge in [-0.05, 0) is 43.4 Å².